The standard InChI is InChI=1S/C27H36F2O11S/c28-27(29,41(35,36)37)23(33)40-20-17-2-14-3-18(20)10-24(4-14,9-17)21(31)38-11-19(30)12-39-22(32)25-5-15-1-16(6-25)8-26(34,7-15)13-25/h14-20,30,34H,1-13H2,(H,35,36,37). The van der Waals surface area contributed by atoms with Gasteiger partial charge in [0, 0.05) is 0 Å². The zero-order valence-electron chi connectivity index (χ0n) is 22.5. The second-order valence-corrected chi connectivity index (χ2v) is 15.4. The van der Waals surface area contributed by atoms with Gasteiger partial charge in [0.15, 0.2) is 0 Å². The van der Waals surface area contributed by atoms with Crippen molar-refractivity contribution in [1.29, 1.82) is 0 Å². The minimum absolute atomic E-state index is 0.0677. The minimum Gasteiger partial charge on any atom is -0.462 e. The quantitative estimate of drug-likeness (QED) is 0.199. The Morgan fingerprint density at radius 3 is 1.85 bits per heavy atom. The first-order valence-electron chi connectivity index (χ1n) is 14.3. The fourth-order valence-electron chi connectivity index (χ4n) is 9.87. The number of aliphatic hydroxyl groups is 2. The highest BCUT2D eigenvalue weighted by Crippen LogP contribution is 2.63. The Morgan fingerprint density at radius 1 is 0.829 bits per heavy atom. The highest BCUT2D eigenvalue weighted by molar-refractivity contribution is 7.87. The molecular weight excluding hydrogens is 570 g/mol. The molecule has 5 atom stereocenters. The number of carbonyl (C=O) groups is 3. The number of rotatable bonds is 9. The van der Waals surface area contributed by atoms with Crippen molar-refractivity contribution in [2.45, 2.75) is 93.7 Å². The summed E-state index contributed by atoms with van der Waals surface area (Å²) < 4.78 is 73.9. The Balaban J connectivity index is 1.01. The summed E-state index contributed by atoms with van der Waals surface area (Å²) in [6, 6.07) is 0. The second-order valence-electron chi connectivity index (χ2n) is 13.9. The summed E-state index contributed by atoms with van der Waals surface area (Å²) in [5.74, 6) is -3.61. The van der Waals surface area contributed by atoms with Gasteiger partial charge in [-0.1, -0.05) is 0 Å². The van der Waals surface area contributed by atoms with E-state index in [0.29, 0.717) is 63.2 Å². The van der Waals surface area contributed by atoms with Crippen molar-refractivity contribution in [1.82, 2.24) is 0 Å². The van der Waals surface area contributed by atoms with Crippen molar-refractivity contribution >= 4 is 28.0 Å². The maximum absolute atomic E-state index is 13.8. The van der Waals surface area contributed by atoms with Crippen LogP contribution in [0.4, 0.5) is 8.78 Å². The molecule has 41 heavy (non-hydrogen) atoms. The third kappa shape index (κ3) is 4.96. The lowest BCUT2D eigenvalue weighted by molar-refractivity contribution is -0.205. The van der Waals surface area contributed by atoms with E-state index < -0.39 is 80.4 Å². The normalized spacial score (nSPS) is 43.0. The Labute approximate surface area is 236 Å². The molecule has 0 amide bonds. The van der Waals surface area contributed by atoms with Crippen LogP contribution >= 0.6 is 0 Å². The van der Waals surface area contributed by atoms with Crippen LogP contribution in [0.3, 0.4) is 0 Å². The van der Waals surface area contributed by atoms with Gasteiger partial charge in [0.05, 0.1) is 16.4 Å². The first kappa shape index (κ1) is 29.2. The highest BCUT2D eigenvalue weighted by atomic mass is 32.2. The first-order chi connectivity index (χ1) is 19.0. The summed E-state index contributed by atoms with van der Waals surface area (Å²) in [6.45, 7) is -0.766. The van der Waals surface area contributed by atoms with Crippen molar-refractivity contribution in [2.24, 2.45) is 40.4 Å². The van der Waals surface area contributed by atoms with Gasteiger partial charge in [-0.2, -0.15) is 17.2 Å². The largest absolute Gasteiger partial charge is 0.465 e. The van der Waals surface area contributed by atoms with E-state index in [1.54, 1.807) is 0 Å². The molecule has 0 spiro atoms. The topological polar surface area (TPSA) is 174 Å². The molecule has 0 aliphatic heterocycles. The first-order valence-corrected chi connectivity index (χ1v) is 15.8. The predicted octanol–water partition coefficient (Wildman–Crippen LogP) is 1.98. The predicted molar refractivity (Wildman–Crippen MR) is 132 cm³/mol. The molecule has 0 aromatic heterocycles. The number of carbonyl (C=O) groups excluding carboxylic acids is 3. The van der Waals surface area contributed by atoms with Gasteiger partial charge in [-0.15, -0.1) is 0 Å². The van der Waals surface area contributed by atoms with Crippen molar-refractivity contribution in [3.8, 4) is 0 Å². The molecule has 8 aliphatic rings. The van der Waals surface area contributed by atoms with Gasteiger partial charge < -0.3 is 24.4 Å². The lowest BCUT2D eigenvalue weighted by Crippen LogP contribution is -2.58. The van der Waals surface area contributed by atoms with Gasteiger partial charge in [0.25, 0.3) is 0 Å². The van der Waals surface area contributed by atoms with E-state index in [-0.39, 0.29) is 25.4 Å². The molecule has 8 saturated carbocycles. The number of halogens is 2. The average molecular weight is 607 g/mol. The van der Waals surface area contributed by atoms with Crippen LogP contribution in [0.15, 0.2) is 0 Å². The van der Waals surface area contributed by atoms with E-state index >= 15 is 0 Å². The molecule has 0 heterocycles. The van der Waals surface area contributed by atoms with Gasteiger partial charge in [0.1, 0.15) is 25.4 Å². The second kappa shape index (κ2) is 9.55. The maximum atomic E-state index is 13.8. The molecule has 8 bridgehead atoms. The molecule has 5 unspecified atom stereocenters. The van der Waals surface area contributed by atoms with Crippen LogP contribution in [0.25, 0.3) is 0 Å². The molecule has 8 fully saturated rings. The summed E-state index contributed by atoms with van der Waals surface area (Å²) >= 11 is 0. The lowest BCUT2D eigenvalue weighted by Gasteiger charge is -2.58. The summed E-state index contributed by atoms with van der Waals surface area (Å²) in [4.78, 5) is 38.2. The zero-order chi connectivity index (χ0) is 29.6. The van der Waals surface area contributed by atoms with Crippen molar-refractivity contribution in [3.63, 3.8) is 0 Å². The average Bonchev–Trinajstić information content (AvgIpc) is 2.85. The van der Waals surface area contributed by atoms with Crippen LogP contribution in [-0.4, -0.2) is 77.4 Å². The van der Waals surface area contributed by atoms with Crippen LogP contribution in [-0.2, 0) is 38.7 Å². The van der Waals surface area contributed by atoms with Crippen LogP contribution < -0.4 is 0 Å². The molecule has 230 valence electrons. The van der Waals surface area contributed by atoms with Crippen LogP contribution in [0, 0.1) is 40.4 Å². The molecule has 0 aromatic carbocycles. The Bertz CT molecular complexity index is 1210. The number of esters is 3. The molecule has 8 aliphatic carbocycles. The lowest BCUT2D eigenvalue weighted by atomic mass is 9.48. The highest BCUT2D eigenvalue weighted by Gasteiger charge is 2.63. The summed E-state index contributed by atoms with van der Waals surface area (Å²) in [7, 11) is -5.99. The number of hydrogen-bond donors (Lipinski definition) is 3. The van der Waals surface area contributed by atoms with E-state index in [0.717, 1.165) is 6.42 Å². The fourth-order valence-corrected chi connectivity index (χ4v) is 10.1. The molecule has 0 aromatic rings. The summed E-state index contributed by atoms with van der Waals surface area (Å²) in [5.41, 5.74) is -2.51. The Kier molecular flexibility index (Phi) is 6.80. The smallest absolute Gasteiger partial charge is 0.462 e. The van der Waals surface area contributed by atoms with Gasteiger partial charge in [-0.3, -0.25) is 14.1 Å². The number of aliphatic hydroxyl groups excluding tert-OH is 1. The van der Waals surface area contributed by atoms with Gasteiger partial charge in [-0.25, -0.2) is 4.79 Å². The third-order valence-corrected chi connectivity index (χ3v) is 11.5. The molecule has 3 N–H and O–H groups in total. The van der Waals surface area contributed by atoms with Gasteiger partial charge >= 0.3 is 33.3 Å². The number of alkyl halides is 2. The van der Waals surface area contributed by atoms with E-state index in [1.165, 1.54) is 0 Å². The van der Waals surface area contributed by atoms with Crippen LogP contribution in [0.2, 0.25) is 0 Å². The Hall–Kier alpha value is -1.90. The Morgan fingerprint density at radius 2 is 1.34 bits per heavy atom. The van der Waals surface area contributed by atoms with E-state index in [4.69, 9.17) is 18.8 Å². The molecule has 0 radical (unpaired) electrons. The molecule has 0 saturated heterocycles. The monoisotopic (exact) mass is 606 g/mol. The SMILES string of the molecule is O=C(OCC(O)COC(=O)C12CC3CC(CC(O)(C3)C1)C2)C12CC3CC(C1)C(OC(=O)C(F)(F)S(=O)(=O)O)C(C3)C2. The third-order valence-electron chi connectivity index (χ3n) is 10.7. The summed E-state index contributed by atoms with van der Waals surface area (Å²) in [5, 5.41) is 16.2. The van der Waals surface area contributed by atoms with Crippen LogP contribution in [0.1, 0.15) is 70.6 Å². The van der Waals surface area contributed by atoms with Gasteiger partial charge in [-0.05, 0) is 100 Å². The van der Waals surface area contributed by atoms with Crippen LogP contribution in [0.5, 0.6) is 0 Å². The fraction of sp³-hybridized carbons (Fsp3) is 0.889. The molecule has 8 rings (SSSR count). The van der Waals surface area contributed by atoms with E-state index in [9.17, 15) is 41.8 Å². The van der Waals surface area contributed by atoms with E-state index in [2.05, 4.69) is 0 Å². The molecular formula is C27H36F2O11S. The van der Waals surface area contributed by atoms with Gasteiger partial charge in [0.2, 0.25) is 0 Å². The summed E-state index contributed by atoms with van der Waals surface area (Å²) in [6.07, 6.45) is 3.77. The maximum Gasteiger partial charge on any atom is 0.465 e. The van der Waals surface area contributed by atoms with Crippen molar-refractivity contribution in [2.75, 3.05) is 13.2 Å². The zero-order valence-corrected chi connectivity index (χ0v) is 23.3. The number of hydrogen-bond acceptors (Lipinski definition) is 10. The molecule has 14 heteroatoms. The van der Waals surface area contributed by atoms with Crippen molar-refractivity contribution in [3.05, 3.63) is 0 Å². The molecule has 11 nitrogen and oxygen atoms in total. The van der Waals surface area contributed by atoms with E-state index in [1.807, 2.05) is 0 Å². The minimum atomic E-state index is -5.99. The number of ether oxygens (including phenoxy) is 3. The van der Waals surface area contributed by atoms with Crippen molar-refractivity contribution < 1.29 is 60.6 Å².